The van der Waals surface area contributed by atoms with E-state index < -0.39 is 0 Å². The van der Waals surface area contributed by atoms with E-state index in [9.17, 15) is 9.59 Å². The number of amides is 2. The fraction of sp³-hybridized carbons (Fsp3) is 0.267. The van der Waals surface area contributed by atoms with E-state index in [0.29, 0.717) is 18.7 Å². The van der Waals surface area contributed by atoms with E-state index in [2.05, 4.69) is 15.6 Å². The number of nitrogens with zero attached hydrogens (tertiary/aromatic N) is 1. The van der Waals surface area contributed by atoms with Crippen LogP contribution in [0.25, 0.3) is 11.3 Å². The van der Waals surface area contributed by atoms with Gasteiger partial charge in [0, 0.05) is 18.5 Å². The Hall–Kier alpha value is -2.63. The Morgan fingerprint density at radius 1 is 1.38 bits per heavy atom. The lowest BCUT2D eigenvalue weighted by Gasteiger charge is -2.09. The Kier molecular flexibility index (Phi) is 3.43. The second-order valence-corrected chi connectivity index (χ2v) is 5.07. The van der Waals surface area contributed by atoms with Crippen LogP contribution in [0.4, 0.5) is 0 Å². The average molecular weight is 285 g/mol. The first-order valence-corrected chi connectivity index (χ1v) is 6.71. The van der Waals surface area contributed by atoms with E-state index in [-0.39, 0.29) is 23.6 Å². The van der Waals surface area contributed by atoms with Crippen molar-refractivity contribution in [2.24, 2.45) is 0 Å². The second kappa shape index (κ2) is 5.40. The molecular formula is C15H15N3O3. The van der Waals surface area contributed by atoms with E-state index in [1.165, 1.54) is 6.39 Å². The highest BCUT2D eigenvalue weighted by atomic mass is 16.3. The van der Waals surface area contributed by atoms with Crippen LogP contribution in [-0.4, -0.2) is 29.4 Å². The molecule has 1 atom stereocenters. The summed E-state index contributed by atoms with van der Waals surface area (Å²) in [4.78, 5) is 27.4. The van der Waals surface area contributed by atoms with Gasteiger partial charge in [0.2, 0.25) is 5.91 Å². The van der Waals surface area contributed by atoms with Gasteiger partial charge in [0.25, 0.3) is 5.91 Å². The third kappa shape index (κ3) is 2.79. The fourth-order valence-electron chi connectivity index (χ4n) is 2.28. The molecule has 2 N–H and O–H groups in total. The van der Waals surface area contributed by atoms with E-state index >= 15 is 0 Å². The molecule has 6 nitrogen and oxygen atoms in total. The molecule has 6 heteroatoms. The van der Waals surface area contributed by atoms with Gasteiger partial charge in [-0.3, -0.25) is 9.59 Å². The molecule has 1 aliphatic rings. The third-order valence-corrected chi connectivity index (χ3v) is 3.41. The standard InChI is InChI=1S/C15H15N3O3/c1-9-2-4-10(5-3-9)14-13(17-8-21-14)15(20)18-11-6-12(19)16-7-11/h2-5,8,11H,6-7H2,1H3,(H,16,19)(H,18,20). The molecule has 1 fully saturated rings. The number of nitrogens with one attached hydrogen (secondary N) is 2. The van der Waals surface area contributed by atoms with Crippen molar-refractivity contribution in [1.82, 2.24) is 15.6 Å². The first kappa shape index (κ1) is 13.4. The fourth-order valence-corrected chi connectivity index (χ4v) is 2.28. The molecule has 0 bridgehead atoms. The Bertz CT molecular complexity index is 676. The zero-order chi connectivity index (χ0) is 14.8. The van der Waals surface area contributed by atoms with Crippen LogP contribution in [0.15, 0.2) is 35.1 Å². The van der Waals surface area contributed by atoms with E-state index in [1.54, 1.807) is 0 Å². The Labute approximate surface area is 121 Å². The number of hydrogen-bond donors (Lipinski definition) is 2. The highest BCUT2D eigenvalue weighted by Crippen LogP contribution is 2.23. The topological polar surface area (TPSA) is 84.2 Å². The van der Waals surface area contributed by atoms with Gasteiger partial charge in [0.05, 0.1) is 6.04 Å². The minimum absolute atomic E-state index is 0.0563. The largest absolute Gasteiger partial charge is 0.443 e. The summed E-state index contributed by atoms with van der Waals surface area (Å²) < 4.78 is 5.34. The zero-order valence-electron chi connectivity index (χ0n) is 11.6. The normalized spacial score (nSPS) is 17.6. The quantitative estimate of drug-likeness (QED) is 0.889. The Morgan fingerprint density at radius 3 is 2.81 bits per heavy atom. The van der Waals surface area contributed by atoms with E-state index in [0.717, 1.165) is 11.1 Å². The summed E-state index contributed by atoms with van der Waals surface area (Å²) in [5, 5.41) is 5.46. The van der Waals surface area contributed by atoms with Gasteiger partial charge in [-0.15, -0.1) is 0 Å². The van der Waals surface area contributed by atoms with Crippen LogP contribution in [0.1, 0.15) is 22.5 Å². The number of hydrogen-bond acceptors (Lipinski definition) is 4. The second-order valence-electron chi connectivity index (χ2n) is 5.07. The molecule has 108 valence electrons. The molecule has 2 aromatic rings. The van der Waals surface area contributed by atoms with Gasteiger partial charge < -0.3 is 15.1 Å². The summed E-state index contributed by atoms with van der Waals surface area (Å²) in [7, 11) is 0. The van der Waals surface area contributed by atoms with Crippen LogP contribution in [0, 0.1) is 6.92 Å². The molecule has 21 heavy (non-hydrogen) atoms. The van der Waals surface area contributed by atoms with Crippen LogP contribution < -0.4 is 10.6 Å². The Morgan fingerprint density at radius 2 is 2.14 bits per heavy atom. The van der Waals surface area contributed by atoms with Crippen LogP contribution in [0.3, 0.4) is 0 Å². The predicted octanol–water partition coefficient (Wildman–Crippen LogP) is 1.27. The van der Waals surface area contributed by atoms with Crippen LogP contribution >= 0.6 is 0 Å². The highest BCUT2D eigenvalue weighted by Gasteiger charge is 2.26. The van der Waals surface area contributed by atoms with E-state index in [1.807, 2.05) is 31.2 Å². The summed E-state index contributed by atoms with van der Waals surface area (Å²) in [6.07, 6.45) is 1.55. The lowest BCUT2D eigenvalue weighted by Crippen LogP contribution is -2.36. The molecule has 1 aliphatic heterocycles. The molecule has 3 rings (SSSR count). The third-order valence-electron chi connectivity index (χ3n) is 3.41. The monoisotopic (exact) mass is 285 g/mol. The first-order chi connectivity index (χ1) is 10.1. The van der Waals surface area contributed by atoms with Crippen molar-refractivity contribution in [1.29, 1.82) is 0 Å². The van der Waals surface area contributed by atoms with Crippen LogP contribution in [-0.2, 0) is 4.79 Å². The average Bonchev–Trinajstić information content (AvgIpc) is 3.09. The van der Waals surface area contributed by atoms with Gasteiger partial charge in [-0.1, -0.05) is 29.8 Å². The summed E-state index contributed by atoms with van der Waals surface area (Å²) in [5.74, 6) is 0.0461. The van der Waals surface area contributed by atoms with Gasteiger partial charge in [-0.05, 0) is 6.92 Å². The van der Waals surface area contributed by atoms with Crippen molar-refractivity contribution in [2.75, 3.05) is 6.54 Å². The lowest BCUT2D eigenvalue weighted by molar-refractivity contribution is -0.119. The maximum Gasteiger partial charge on any atom is 0.274 e. The van der Waals surface area contributed by atoms with Gasteiger partial charge in [0.15, 0.2) is 17.8 Å². The minimum atomic E-state index is -0.333. The van der Waals surface area contributed by atoms with E-state index in [4.69, 9.17) is 4.42 Å². The highest BCUT2D eigenvalue weighted by molar-refractivity contribution is 5.98. The molecule has 0 radical (unpaired) electrons. The summed E-state index contributed by atoms with van der Waals surface area (Å²) in [6, 6.07) is 7.45. The number of aryl methyl sites for hydroxylation is 1. The molecule has 1 aromatic carbocycles. The molecule has 2 amide bonds. The van der Waals surface area contributed by atoms with Crippen molar-refractivity contribution in [3.8, 4) is 11.3 Å². The van der Waals surface area contributed by atoms with Gasteiger partial charge in [-0.25, -0.2) is 4.98 Å². The SMILES string of the molecule is Cc1ccc(-c2ocnc2C(=O)NC2CNC(=O)C2)cc1. The molecule has 2 heterocycles. The van der Waals surface area contributed by atoms with Crippen molar-refractivity contribution in [2.45, 2.75) is 19.4 Å². The molecular weight excluding hydrogens is 270 g/mol. The van der Waals surface area contributed by atoms with Crippen molar-refractivity contribution < 1.29 is 14.0 Å². The maximum atomic E-state index is 12.3. The van der Waals surface area contributed by atoms with Gasteiger partial charge in [0.1, 0.15) is 0 Å². The number of carbonyl (C=O) groups excluding carboxylic acids is 2. The Balaban J connectivity index is 1.80. The molecule has 1 aromatic heterocycles. The van der Waals surface area contributed by atoms with Crippen molar-refractivity contribution in [3.05, 3.63) is 41.9 Å². The van der Waals surface area contributed by atoms with Gasteiger partial charge >= 0.3 is 0 Å². The molecule has 1 unspecified atom stereocenters. The lowest BCUT2D eigenvalue weighted by atomic mass is 10.1. The zero-order valence-corrected chi connectivity index (χ0v) is 11.6. The number of rotatable bonds is 3. The minimum Gasteiger partial charge on any atom is -0.443 e. The van der Waals surface area contributed by atoms with Gasteiger partial charge in [-0.2, -0.15) is 0 Å². The van der Waals surface area contributed by atoms with Crippen molar-refractivity contribution >= 4 is 11.8 Å². The summed E-state index contributed by atoms with van der Waals surface area (Å²) >= 11 is 0. The molecule has 1 saturated heterocycles. The van der Waals surface area contributed by atoms with Crippen LogP contribution in [0.2, 0.25) is 0 Å². The molecule has 0 spiro atoms. The molecule has 0 saturated carbocycles. The maximum absolute atomic E-state index is 12.3. The van der Waals surface area contributed by atoms with Crippen molar-refractivity contribution in [3.63, 3.8) is 0 Å². The molecule has 0 aliphatic carbocycles. The summed E-state index contributed by atoms with van der Waals surface area (Å²) in [6.45, 7) is 2.43. The number of benzene rings is 1. The summed E-state index contributed by atoms with van der Waals surface area (Å²) in [5.41, 5.74) is 2.15. The number of oxazole rings is 1. The van der Waals surface area contributed by atoms with Crippen LogP contribution in [0.5, 0.6) is 0 Å². The first-order valence-electron chi connectivity index (χ1n) is 6.71. The number of aromatic nitrogens is 1. The predicted molar refractivity (Wildman–Crippen MR) is 75.6 cm³/mol. The number of carbonyl (C=O) groups is 2. The smallest absolute Gasteiger partial charge is 0.274 e.